The minimum atomic E-state index is -0.683. The van der Waals surface area contributed by atoms with Gasteiger partial charge in [0.2, 0.25) is 0 Å². The standard InChI is InChI=1S/C7H8FNO2/c8-6-3-1-2-5(4-9-11)7(6)10/h1-3,9-11H,4H2. The highest BCUT2D eigenvalue weighted by Crippen LogP contribution is 2.19. The smallest absolute Gasteiger partial charge is 0.165 e. The second-order valence-electron chi connectivity index (χ2n) is 2.08. The number of nitrogens with one attached hydrogen (secondary N) is 1. The van der Waals surface area contributed by atoms with Crippen LogP contribution >= 0.6 is 0 Å². The van der Waals surface area contributed by atoms with E-state index in [1.54, 1.807) is 0 Å². The number of hydroxylamine groups is 1. The minimum absolute atomic E-state index is 0.0313. The van der Waals surface area contributed by atoms with Gasteiger partial charge in [-0.25, -0.2) is 9.87 Å². The molecule has 0 amide bonds. The Morgan fingerprint density at radius 2 is 2.18 bits per heavy atom. The summed E-state index contributed by atoms with van der Waals surface area (Å²) in [6.07, 6.45) is 0. The zero-order valence-electron chi connectivity index (χ0n) is 5.71. The number of phenols is 1. The SMILES string of the molecule is ONCc1cccc(F)c1O. The first-order chi connectivity index (χ1) is 5.25. The quantitative estimate of drug-likeness (QED) is 0.561. The van der Waals surface area contributed by atoms with Crippen LogP contribution in [0.25, 0.3) is 0 Å². The van der Waals surface area contributed by atoms with Gasteiger partial charge in [0.1, 0.15) is 0 Å². The summed E-state index contributed by atoms with van der Waals surface area (Å²) in [4.78, 5) is 0. The van der Waals surface area contributed by atoms with E-state index in [2.05, 4.69) is 0 Å². The van der Waals surface area contributed by atoms with Crippen LogP contribution in [-0.2, 0) is 6.54 Å². The van der Waals surface area contributed by atoms with Gasteiger partial charge >= 0.3 is 0 Å². The number of hydrogen-bond acceptors (Lipinski definition) is 3. The third-order valence-corrected chi connectivity index (χ3v) is 1.34. The van der Waals surface area contributed by atoms with Crippen molar-refractivity contribution in [1.82, 2.24) is 5.48 Å². The number of phenolic OH excluding ortho intramolecular Hbond substituents is 1. The molecule has 0 unspecified atom stereocenters. The van der Waals surface area contributed by atoms with Crippen LogP contribution in [0.15, 0.2) is 18.2 Å². The molecule has 0 bridgehead atoms. The Morgan fingerprint density at radius 1 is 1.45 bits per heavy atom. The highest BCUT2D eigenvalue weighted by molar-refractivity contribution is 5.33. The Hall–Kier alpha value is -1.13. The lowest BCUT2D eigenvalue weighted by molar-refractivity contribution is 0.160. The summed E-state index contributed by atoms with van der Waals surface area (Å²) in [5.74, 6) is -1.10. The van der Waals surface area contributed by atoms with Crippen molar-refractivity contribution in [3.8, 4) is 5.75 Å². The summed E-state index contributed by atoms with van der Waals surface area (Å²) in [6.45, 7) is 0.0313. The lowest BCUT2D eigenvalue weighted by Crippen LogP contribution is -2.06. The lowest BCUT2D eigenvalue weighted by atomic mass is 10.2. The third-order valence-electron chi connectivity index (χ3n) is 1.34. The number of para-hydroxylation sites is 1. The zero-order valence-corrected chi connectivity index (χ0v) is 5.71. The molecule has 0 heterocycles. The molecule has 0 aliphatic heterocycles. The first-order valence-electron chi connectivity index (χ1n) is 3.09. The first kappa shape index (κ1) is 7.97. The van der Waals surface area contributed by atoms with Crippen molar-refractivity contribution in [1.29, 1.82) is 0 Å². The molecule has 0 radical (unpaired) electrons. The van der Waals surface area contributed by atoms with E-state index in [4.69, 9.17) is 10.3 Å². The maximum atomic E-state index is 12.5. The molecule has 0 spiro atoms. The molecule has 1 aromatic rings. The molecule has 1 rings (SSSR count). The van der Waals surface area contributed by atoms with Crippen LogP contribution in [-0.4, -0.2) is 10.3 Å². The van der Waals surface area contributed by atoms with Gasteiger partial charge < -0.3 is 10.3 Å². The van der Waals surface area contributed by atoms with E-state index in [1.807, 2.05) is 5.48 Å². The van der Waals surface area contributed by atoms with Crippen molar-refractivity contribution in [3.63, 3.8) is 0 Å². The fourth-order valence-corrected chi connectivity index (χ4v) is 0.788. The molecule has 3 N–H and O–H groups in total. The van der Waals surface area contributed by atoms with Gasteiger partial charge in [-0.2, -0.15) is 0 Å². The van der Waals surface area contributed by atoms with E-state index in [-0.39, 0.29) is 6.54 Å². The normalized spacial score (nSPS) is 10.0. The number of hydrogen-bond donors (Lipinski definition) is 3. The second kappa shape index (κ2) is 3.32. The average molecular weight is 157 g/mol. The predicted molar refractivity (Wildman–Crippen MR) is 36.7 cm³/mol. The molecule has 1 aromatic carbocycles. The van der Waals surface area contributed by atoms with E-state index in [9.17, 15) is 4.39 Å². The predicted octanol–water partition coefficient (Wildman–Crippen LogP) is 1.01. The molecule has 11 heavy (non-hydrogen) atoms. The molecule has 3 nitrogen and oxygen atoms in total. The van der Waals surface area contributed by atoms with Gasteiger partial charge in [0.05, 0.1) is 0 Å². The molecule has 60 valence electrons. The third kappa shape index (κ3) is 1.66. The molecule has 0 atom stereocenters. The largest absolute Gasteiger partial charge is 0.505 e. The Balaban J connectivity index is 2.96. The van der Waals surface area contributed by atoms with Crippen LogP contribution in [0.2, 0.25) is 0 Å². The van der Waals surface area contributed by atoms with E-state index < -0.39 is 11.6 Å². The fraction of sp³-hybridized carbons (Fsp3) is 0.143. The number of halogens is 1. The number of rotatable bonds is 2. The molecule has 4 heteroatoms. The van der Waals surface area contributed by atoms with Crippen LogP contribution in [0.1, 0.15) is 5.56 Å². The summed E-state index contributed by atoms with van der Waals surface area (Å²) in [6, 6.07) is 4.12. The van der Waals surface area contributed by atoms with Gasteiger partial charge in [0, 0.05) is 12.1 Å². The van der Waals surface area contributed by atoms with Crippen molar-refractivity contribution in [3.05, 3.63) is 29.6 Å². The Kier molecular flexibility index (Phi) is 2.40. The van der Waals surface area contributed by atoms with Gasteiger partial charge in [0.25, 0.3) is 0 Å². The minimum Gasteiger partial charge on any atom is -0.505 e. The molecule has 0 fully saturated rings. The number of benzene rings is 1. The fourth-order valence-electron chi connectivity index (χ4n) is 0.788. The summed E-state index contributed by atoms with van der Waals surface area (Å²) < 4.78 is 12.5. The van der Waals surface area contributed by atoms with Crippen LogP contribution in [0.4, 0.5) is 4.39 Å². The van der Waals surface area contributed by atoms with Crippen LogP contribution in [0.3, 0.4) is 0 Å². The molecule has 0 saturated carbocycles. The van der Waals surface area contributed by atoms with Gasteiger partial charge in [0.15, 0.2) is 11.6 Å². The van der Waals surface area contributed by atoms with Gasteiger partial charge in [-0.15, -0.1) is 0 Å². The van der Waals surface area contributed by atoms with E-state index >= 15 is 0 Å². The van der Waals surface area contributed by atoms with Crippen LogP contribution < -0.4 is 5.48 Å². The van der Waals surface area contributed by atoms with Gasteiger partial charge in [-0.05, 0) is 6.07 Å². The molecule has 0 aromatic heterocycles. The maximum Gasteiger partial charge on any atom is 0.165 e. The van der Waals surface area contributed by atoms with Crippen molar-refractivity contribution >= 4 is 0 Å². The van der Waals surface area contributed by atoms with E-state index in [0.29, 0.717) is 5.56 Å². The van der Waals surface area contributed by atoms with Crippen LogP contribution in [0.5, 0.6) is 5.75 Å². The van der Waals surface area contributed by atoms with E-state index in [0.717, 1.165) is 6.07 Å². The second-order valence-corrected chi connectivity index (χ2v) is 2.08. The summed E-state index contributed by atoms with van der Waals surface area (Å²) in [7, 11) is 0. The Bertz CT molecular complexity index is 252. The van der Waals surface area contributed by atoms with Crippen LogP contribution in [0, 0.1) is 5.82 Å². The topological polar surface area (TPSA) is 52.5 Å². The van der Waals surface area contributed by atoms with Crippen molar-refractivity contribution in [2.24, 2.45) is 0 Å². The first-order valence-corrected chi connectivity index (χ1v) is 3.09. The molecular formula is C7H8FNO2. The molecule has 0 saturated heterocycles. The Labute approximate surface area is 63.1 Å². The summed E-state index contributed by atoms with van der Waals surface area (Å²) >= 11 is 0. The maximum absolute atomic E-state index is 12.5. The molecular weight excluding hydrogens is 149 g/mol. The van der Waals surface area contributed by atoms with Crippen molar-refractivity contribution in [2.75, 3.05) is 0 Å². The van der Waals surface area contributed by atoms with Crippen molar-refractivity contribution < 1.29 is 14.7 Å². The monoisotopic (exact) mass is 157 g/mol. The highest BCUT2D eigenvalue weighted by Gasteiger charge is 2.04. The van der Waals surface area contributed by atoms with E-state index in [1.165, 1.54) is 12.1 Å². The lowest BCUT2D eigenvalue weighted by Gasteiger charge is -2.02. The number of aromatic hydroxyl groups is 1. The zero-order chi connectivity index (χ0) is 8.27. The highest BCUT2D eigenvalue weighted by atomic mass is 19.1. The molecule has 0 aliphatic carbocycles. The van der Waals surface area contributed by atoms with Gasteiger partial charge in [-0.1, -0.05) is 12.1 Å². The van der Waals surface area contributed by atoms with Gasteiger partial charge in [-0.3, -0.25) is 0 Å². The summed E-state index contributed by atoms with van der Waals surface area (Å²) in [5, 5.41) is 17.3. The van der Waals surface area contributed by atoms with Crippen molar-refractivity contribution in [2.45, 2.75) is 6.54 Å². The molecule has 0 aliphatic rings. The summed E-state index contributed by atoms with van der Waals surface area (Å²) in [5.41, 5.74) is 2.15. The average Bonchev–Trinajstić information content (AvgIpc) is 1.99. The Morgan fingerprint density at radius 3 is 2.82 bits per heavy atom.